The van der Waals surface area contributed by atoms with Gasteiger partial charge in [0.1, 0.15) is 23.0 Å². The molecule has 2 rings (SSSR count). The minimum absolute atomic E-state index is 0. The Morgan fingerprint density at radius 1 is 0.964 bits per heavy atom. The van der Waals surface area contributed by atoms with Crippen LogP contribution in [0, 0.1) is 0 Å². The molecule has 0 aromatic heterocycles. The third-order valence-corrected chi connectivity index (χ3v) is 5.15. The topological polar surface area (TPSA) is 54.0 Å². The Kier molecular flexibility index (Phi) is 10.8. The van der Waals surface area contributed by atoms with Gasteiger partial charge >= 0.3 is 0 Å². The summed E-state index contributed by atoms with van der Waals surface area (Å²) in [4.78, 5) is 13.0. The van der Waals surface area contributed by atoms with Crippen molar-refractivity contribution in [3.05, 3.63) is 40.9 Å². The van der Waals surface area contributed by atoms with Crippen molar-refractivity contribution in [2.24, 2.45) is 0 Å². The summed E-state index contributed by atoms with van der Waals surface area (Å²) in [6.45, 7) is 7.13. The van der Waals surface area contributed by atoms with E-state index in [-0.39, 0.29) is 33.0 Å². The van der Waals surface area contributed by atoms with E-state index < -0.39 is 0 Å². The summed E-state index contributed by atoms with van der Waals surface area (Å²) in [5.74, 6) is 2.23. The molecule has 0 heterocycles. The zero-order valence-electron chi connectivity index (χ0n) is 16.9. The van der Waals surface area contributed by atoms with Crippen molar-refractivity contribution in [3.8, 4) is 23.0 Å². The quantitative estimate of drug-likeness (QED) is 0.426. The van der Waals surface area contributed by atoms with Crippen molar-refractivity contribution in [2.75, 3.05) is 26.9 Å². The van der Waals surface area contributed by atoms with E-state index in [4.69, 9.17) is 30.5 Å². The molecule has 147 valence electrons. The third-order valence-electron chi connectivity index (χ3n) is 3.61. The van der Waals surface area contributed by atoms with Crippen molar-refractivity contribution in [1.82, 2.24) is 0 Å². The SMILES string of the molecule is CCOc1cc(OCC)c(PC(=O)c2c(Cl)cccc2OC)c(OCC)c1.[Li]. The van der Waals surface area contributed by atoms with Gasteiger partial charge in [-0.15, -0.1) is 0 Å². The molecule has 0 aliphatic heterocycles. The molecule has 1 radical (unpaired) electrons. The van der Waals surface area contributed by atoms with Crippen LogP contribution in [0.5, 0.6) is 23.0 Å². The van der Waals surface area contributed by atoms with E-state index in [1.165, 1.54) is 7.11 Å². The van der Waals surface area contributed by atoms with Crippen LogP contribution in [0.15, 0.2) is 30.3 Å². The van der Waals surface area contributed by atoms with Crippen LogP contribution in [-0.4, -0.2) is 51.3 Å². The van der Waals surface area contributed by atoms with Gasteiger partial charge in [-0.2, -0.15) is 0 Å². The fraction of sp³-hybridized carbons (Fsp3) is 0.350. The van der Waals surface area contributed by atoms with Crippen molar-refractivity contribution in [2.45, 2.75) is 20.8 Å². The fourth-order valence-corrected chi connectivity index (χ4v) is 4.02. The Hall–Kier alpha value is -1.37. The van der Waals surface area contributed by atoms with Crippen LogP contribution < -0.4 is 24.3 Å². The van der Waals surface area contributed by atoms with Crippen molar-refractivity contribution < 1.29 is 23.7 Å². The first-order valence-electron chi connectivity index (χ1n) is 8.75. The first kappa shape index (κ1) is 24.7. The van der Waals surface area contributed by atoms with Crippen LogP contribution in [0.2, 0.25) is 5.02 Å². The molecule has 0 saturated carbocycles. The number of rotatable bonds is 10. The largest absolute Gasteiger partial charge is 0.496 e. The number of hydrogen-bond donors (Lipinski definition) is 0. The van der Waals surface area contributed by atoms with Gasteiger partial charge in [-0.3, -0.25) is 4.79 Å². The average Bonchev–Trinajstić information content (AvgIpc) is 2.64. The molecule has 8 heteroatoms. The van der Waals surface area contributed by atoms with E-state index in [2.05, 4.69) is 0 Å². The molecule has 0 aliphatic carbocycles. The van der Waals surface area contributed by atoms with Gasteiger partial charge in [0.25, 0.3) is 0 Å². The Morgan fingerprint density at radius 2 is 1.54 bits per heavy atom. The number of halogens is 1. The summed E-state index contributed by atoms with van der Waals surface area (Å²) >= 11 is 6.26. The van der Waals surface area contributed by atoms with Gasteiger partial charge in [0.15, 0.2) is 5.52 Å². The number of hydrogen-bond acceptors (Lipinski definition) is 5. The maximum absolute atomic E-state index is 13.0. The smallest absolute Gasteiger partial charge is 0.191 e. The van der Waals surface area contributed by atoms with Crippen molar-refractivity contribution in [1.29, 1.82) is 0 Å². The summed E-state index contributed by atoms with van der Waals surface area (Å²) in [5, 5.41) is 1.04. The molecule has 2 aromatic carbocycles. The molecule has 28 heavy (non-hydrogen) atoms. The van der Waals surface area contributed by atoms with E-state index in [9.17, 15) is 4.79 Å². The van der Waals surface area contributed by atoms with Crippen LogP contribution in [0.4, 0.5) is 0 Å². The van der Waals surface area contributed by atoms with Crippen molar-refractivity contribution >= 4 is 49.9 Å². The molecular weight excluding hydrogens is 394 g/mol. The Bertz CT molecular complexity index is 773. The molecular formula is C20H24ClLiO5P. The number of benzene rings is 2. The molecule has 0 aliphatic rings. The maximum Gasteiger partial charge on any atom is 0.191 e. The van der Waals surface area contributed by atoms with E-state index >= 15 is 0 Å². The van der Waals surface area contributed by atoms with Crippen LogP contribution in [0.25, 0.3) is 0 Å². The van der Waals surface area contributed by atoms with Crippen LogP contribution in [-0.2, 0) is 0 Å². The molecule has 0 amide bonds. The van der Waals surface area contributed by atoms with Gasteiger partial charge in [-0.05, 0) is 41.5 Å². The van der Waals surface area contributed by atoms with Gasteiger partial charge in [0, 0.05) is 31.0 Å². The predicted octanol–water partition coefficient (Wildman–Crippen LogP) is 4.31. The Labute approximate surface area is 185 Å². The normalized spacial score (nSPS) is 10.5. The van der Waals surface area contributed by atoms with E-state index in [0.29, 0.717) is 58.7 Å². The Balaban J connectivity index is 0.00000392. The number of carbonyl (C=O) groups excluding carboxylic acids is 1. The molecule has 1 unspecified atom stereocenters. The average molecular weight is 418 g/mol. The summed E-state index contributed by atoms with van der Waals surface area (Å²) in [5.41, 5.74) is 0.210. The minimum atomic E-state index is -0.242. The first-order chi connectivity index (χ1) is 13.0. The molecule has 0 bridgehead atoms. The zero-order valence-corrected chi connectivity index (χ0v) is 18.7. The number of carbonyl (C=O) groups is 1. The zero-order chi connectivity index (χ0) is 19.8. The van der Waals surface area contributed by atoms with Crippen molar-refractivity contribution in [3.63, 3.8) is 0 Å². The van der Waals surface area contributed by atoms with Gasteiger partial charge < -0.3 is 18.9 Å². The second kappa shape index (κ2) is 12.2. The summed E-state index contributed by atoms with van der Waals surface area (Å²) in [7, 11) is 1.27. The molecule has 0 saturated heterocycles. The standard InChI is InChI=1S/C20H24ClO5P.Li/c1-5-24-13-11-16(25-6-2)19(17(12-13)26-7-3)27-20(22)18-14(21)9-8-10-15(18)23-4;/h8-12,27H,5-7H2,1-4H3;. The minimum Gasteiger partial charge on any atom is -0.496 e. The maximum atomic E-state index is 13.0. The Morgan fingerprint density at radius 3 is 2.04 bits per heavy atom. The van der Waals surface area contributed by atoms with Gasteiger partial charge in [0.05, 0.1) is 42.8 Å². The monoisotopic (exact) mass is 417 g/mol. The third kappa shape index (κ3) is 6.06. The van der Waals surface area contributed by atoms with E-state index in [1.54, 1.807) is 30.3 Å². The molecule has 5 nitrogen and oxygen atoms in total. The summed E-state index contributed by atoms with van der Waals surface area (Å²) < 4.78 is 22.4. The molecule has 0 N–H and O–H groups in total. The van der Waals surface area contributed by atoms with Gasteiger partial charge in [-0.1, -0.05) is 17.7 Å². The van der Waals surface area contributed by atoms with Gasteiger partial charge in [0.2, 0.25) is 0 Å². The molecule has 0 fully saturated rings. The number of ether oxygens (including phenoxy) is 4. The summed E-state index contributed by atoms with van der Waals surface area (Å²) in [6.07, 6.45) is 0. The second-order valence-corrected chi connectivity index (χ2v) is 6.98. The van der Waals surface area contributed by atoms with Gasteiger partial charge in [-0.25, -0.2) is 0 Å². The molecule has 0 spiro atoms. The predicted molar refractivity (Wildman–Crippen MR) is 116 cm³/mol. The number of methoxy groups -OCH3 is 1. The van der Waals surface area contributed by atoms with Crippen LogP contribution in [0.1, 0.15) is 31.1 Å². The van der Waals surface area contributed by atoms with E-state index in [0.717, 1.165) is 0 Å². The second-order valence-electron chi connectivity index (χ2n) is 5.36. The van der Waals surface area contributed by atoms with Crippen LogP contribution in [0.3, 0.4) is 0 Å². The van der Waals surface area contributed by atoms with E-state index in [1.807, 2.05) is 20.8 Å². The fourth-order valence-electron chi connectivity index (χ4n) is 2.55. The first-order valence-corrected chi connectivity index (χ1v) is 10.1. The van der Waals surface area contributed by atoms with Crippen LogP contribution >= 0.6 is 20.2 Å². The molecule has 2 aromatic rings. The summed E-state index contributed by atoms with van der Waals surface area (Å²) in [6, 6.07) is 8.71. The molecule has 1 atom stereocenters.